The normalized spacial score (nSPS) is 16.1. The Labute approximate surface area is 175 Å². The molecule has 3 rings (SSSR count). The van der Waals surface area contributed by atoms with Crippen LogP contribution in [-0.2, 0) is 21.4 Å². The van der Waals surface area contributed by atoms with Crippen molar-refractivity contribution in [2.24, 2.45) is 5.92 Å². The number of amides is 1. The average molecular weight is 442 g/mol. The van der Waals surface area contributed by atoms with Gasteiger partial charge in [0.15, 0.2) is 0 Å². The lowest BCUT2D eigenvalue weighted by Gasteiger charge is -2.32. The molecule has 1 aliphatic rings. The molecule has 1 aliphatic heterocycles. The van der Waals surface area contributed by atoms with Gasteiger partial charge in [-0.3, -0.25) is 9.78 Å². The van der Waals surface area contributed by atoms with Crippen molar-refractivity contribution in [3.8, 4) is 0 Å². The van der Waals surface area contributed by atoms with E-state index in [0.717, 1.165) is 5.56 Å². The molecule has 0 atom stereocenters. The molecule has 0 saturated carbocycles. The van der Waals surface area contributed by atoms with E-state index in [1.54, 1.807) is 30.1 Å². The zero-order valence-electron chi connectivity index (χ0n) is 15.4. The molecule has 2 heterocycles. The standard InChI is InChI=1S/C19H21Cl2N3O3S/c1-23(13-14-4-5-17(20)18(21)11-14)19(25)15-6-9-24(10-7-15)28(26,27)16-3-2-8-22-12-16/h2-5,8,11-12,15H,6-7,9-10,13H2,1H3. The summed E-state index contributed by atoms with van der Waals surface area (Å²) in [7, 11) is -1.83. The van der Waals surface area contributed by atoms with Gasteiger partial charge in [0.05, 0.1) is 10.0 Å². The van der Waals surface area contributed by atoms with Crippen LogP contribution >= 0.6 is 23.2 Å². The predicted molar refractivity (Wildman–Crippen MR) is 109 cm³/mol. The van der Waals surface area contributed by atoms with Crippen molar-refractivity contribution in [2.45, 2.75) is 24.3 Å². The Hall–Kier alpha value is -1.67. The number of hydrogen-bond donors (Lipinski definition) is 0. The van der Waals surface area contributed by atoms with Gasteiger partial charge in [-0.1, -0.05) is 29.3 Å². The first-order valence-electron chi connectivity index (χ1n) is 8.88. The summed E-state index contributed by atoms with van der Waals surface area (Å²) < 4.78 is 26.8. The van der Waals surface area contributed by atoms with Gasteiger partial charge in [-0.25, -0.2) is 8.42 Å². The lowest BCUT2D eigenvalue weighted by molar-refractivity contribution is -0.135. The van der Waals surface area contributed by atoms with Crippen LogP contribution in [-0.4, -0.2) is 48.7 Å². The van der Waals surface area contributed by atoms with Gasteiger partial charge in [0.2, 0.25) is 15.9 Å². The summed E-state index contributed by atoms with van der Waals surface area (Å²) in [6, 6.07) is 8.42. The van der Waals surface area contributed by atoms with Crippen molar-refractivity contribution >= 4 is 39.1 Å². The Kier molecular flexibility index (Phi) is 6.60. The highest BCUT2D eigenvalue weighted by atomic mass is 35.5. The Morgan fingerprint density at radius 1 is 1.21 bits per heavy atom. The van der Waals surface area contributed by atoms with Crippen LogP contribution in [0.1, 0.15) is 18.4 Å². The molecule has 9 heteroatoms. The first-order valence-corrected chi connectivity index (χ1v) is 11.1. The van der Waals surface area contributed by atoms with E-state index in [2.05, 4.69) is 4.98 Å². The lowest BCUT2D eigenvalue weighted by Crippen LogP contribution is -2.43. The molecule has 1 aromatic heterocycles. The minimum Gasteiger partial charge on any atom is -0.341 e. The summed E-state index contributed by atoms with van der Waals surface area (Å²) in [4.78, 5) is 18.5. The number of piperidine rings is 1. The van der Waals surface area contributed by atoms with Gasteiger partial charge in [-0.15, -0.1) is 0 Å². The Balaban J connectivity index is 1.59. The van der Waals surface area contributed by atoms with Gasteiger partial charge < -0.3 is 4.90 Å². The molecule has 0 radical (unpaired) electrons. The van der Waals surface area contributed by atoms with Crippen LogP contribution in [0.4, 0.5) is 0 Å². The van der Waals surface area contributed by atoms with Crippen molar-refractivity contribution in [2.75, 3.05) is 20.1 Å². The van der Waals surface area contributed by atoms with E-state index in [-0.39, 0.29) is 16.7 Å². The molecule has 1 saturated heterocycles. The molecule has 1 aromatic carbocycles. The minimum absolute atomic E-state index is 0.00416. The number of hydrogen-bond acceptors (Lipinski definition) is 4. The monoisotopic (exact) mass is 441 g/mol. The highest BCUT2D eigenvalue weighted by molar-refractivity contribution is 7.89. The number of halogens is 2. The maximum Gasteiger partial charge on any atom is 0.244 e. The van der Waals surface area contributed by atoms with Crippen molar-refractivity contribution in [1.82, 2.24) is 14.2 Å². The summed E-state index contributed by atoms with van der Waals surface area (Å²) in [6.45, 7) is 1.05. The summed E-state index contributed by atoms with van der Waals surface area (Å²) in [5, 5.41) is 0.926. The van der Waals surface area contributed by atoms with Crippen molar-refractivity contribution in [3.63, 3.8) is 0 Å². The lowest BCUT2D eigenvalue weighted by atomic mass is 9.96. The highest BCUT2D eigenvalue weighted by Crippen LogP contribution is 2.26. The number of pyridine rings is 1. The molecule has 28 heavy (non-hydrogen) atoms. The molecule has 0 unspecified atom stereocenters. The summed E-state index contributed by atoms with van der Waals surface area (Å²) in [5.41, 5.74) is 0.891. The Bertz CT molecular complexity index is 946. The summed E-state index contributed by atoms with van der Waals surface area (Å²) >= 11 is 12.0. The largest absolute Gasteiger partial charge is 0.341 e. The Morgan fingerprint density at radius 3 is 2.54 bits per heavy atom. The van der Waals surface area contributed by atoms with E-state index in [0.29, 0.717) is 42.5 Å². The zero-order chi connectivity index (χ0) is 20.3. The second-order valence-corrected chi connectivity index (χ2v) is 9.56. The summed E-state index contributed by atoms with van der Waals surface area (Å²) in [5.74, 6) is -0.197. The third kappa shape index (κ3) is 4.66. The fraction of sp³-hybridized carbons (Fsp3) is 0.368. The predicted octanol–water partition coefficient (Wildman–Crippen LogP) is 3.45. The maximum absolute atomic E-state index is 12.8. The molecule has 1 amide bonds. The number of benzene rings is 1. The van der Waals surface area contributed by atoms with E-state index in [1.807, 2.05) is 6.07 Å². The summed E-state index contributed by atoms with van der Waals surface area (Å²) in [6.07, 6.45) is 3.86. The van der Waals surface area contributed by atoms with Crippen LogP contribution in [0, 0.1) is 5.92 Å². The van der Waals surface area contributed by atoms with Crippen LogP contribution in [0.3, 0.4) is 0 Å². The van der Waals surface area contributed by atoms with E-state index >= 15 is 0 Å². The van der Waals surface area contributed by atoms with Gasteiger partial charge in [-0.05, 0) is 42.7 Å². The molecule has 150 valence electrons. The number of nitrogens with zero attached hydrogens (tertiary/aromatic N) is 3. The van der Waals surface area contributed by atoms with Gasteiger partial charge in [0, 0.05) is 45.0 Å². The fourth-order valence-corrected chi connectivity index (χ4v) is 5.05. The number of sulfonamides is 1. The molecular weight excluding hydrogens is 421 g/mol. The topological polar surface area (TPSA) is 70.6 Å². The van der Waals surface area contributed by atoms with Gasteiger partial charge in [0.25, 0.3) is 0 Å². The number of aromatic nitrogens is 1. The third-order valence-electron chi connectivity index (χ3n) is 4.86. The quantitative estimate of drug-likeness (QED) is 0.712. The van der Waals surface area contributed by atoms with Crippen LogP contribution in [0.15, 0.2) is 47.6 Å². The van der Waals surface area contributed by atoms with Gasteiger partial charge in [-0.2, -0.15) is 4.31 Å². The van der Waals surface area contributed by atoms with Crippen molar-refractivity contribution in [3.05, 3.63) is 58.3 Å². The molecule has 6 nitrogen and oxygen atoms in total. The molecular formula is C19H21Cl2N3O3S. The average Bonchev–Trinajstić information content (AvgIpc) is 2.71. The maximum atomic E-state index is 12.8. The Morgan fingerprint density at radius 2 is 1.93 bits per heavy atom. The van der Waals surface area contributed by atoms with Gasteiger partial charge in [0.1, 0.15) is 4.90 Å². The SMILES string of the molecule is CN(Cc1ccc(Cl)c(Cl)c1)C(=O)C1CCN(S(=O)(=O)c2cccnc2)CC1. The van der Waals surface area contributed by atoms with E-state index < -0.39 is 10.0 Å². The minimum atomic E-state index is -3.57. The van der Waals surface area contributed by atoms with E-state index in [1.165, 1.54) is 22.8 Å². The fourth-order valence-electron chi connectivity index (χ4n) is 3.29. The smallest absolute Gasteiger partial charge is 0.244 e. The number of carbonyl (C=O) groups is 1. The van der Waals surface area contributed by atoms with Crippen LogP contribution in [0.25, 0.3) is 0 Å². The van der Waals surface area contributed by atoms with Crippen LogP contribution < -0.4 is 0 Å². The molecule has 0 aliphatic carbocycles. The van der Waals surface area contributed by atoms with Crippen LogP contribution in [0.2, 0.25) is 10.0 Å². The highest BCUT2D eigenvalue weighted by Gasteiger charge is 2.33. The first kappa shape index (κ1) is 21.0. The number of rotatable bonds is 5. The third-order valence-corrected chi connectivity index (χ3v) is 7.48. The second kappa shape index (κ2) is 8.78. The van der Waals surface area contributed by atoms with Crippen LogP contribution in [0.5, 0.6) is 0 Å². The van der Waals surface area contributed by atoms with Crippen molar-refractivity contribution < 1.29 is 13.2 Å². The molecule has 0 bridgehead atoms. The molecule has 0 spiro atoms. The van der Waals surface area contributed by atoms with E-state index in [4.69, 9.17) is 23.2 Å². The second-order valence-electron chi connectivity index (χ2n) is 6.81. The molecule has 2 aromatic rings. The van der Waals surface area contributed by atoms with Gasteiger partial charge >= 0.3 is 0 Å². The first-order chi connectivity index (χ1) is 13.3. The van der Waals surface area contributed by atoms with Crippen molar-refractivity contribution in [1.29, 1.82) is 0 Å². The zero-order valence-corrected chi connectivity index (χ0v) is 17.7. The molecule has 0 N–H and O–H groups in total. The molecule has 1 fully saturated rings. The number of carbonyl (C=O) groups excluding carboxylic acids is 1. The van der Waals surface area contributed by atoms with E-state index in [9.17, 15) is 13.2 Å².